The van der Waals surface area contributed by atoms with E-state index in [-0.39, 0.29) is 0 Å². The fourth-order valence-electron chi connectivity index (χ4n) is 1.53. The molecule has 1 atom stereocenters. The molecule has 0 amide bonds. The van der Waals surface area contributed by atoms with Gasteiger partial charge in [0.05, 0.1) is 6.26 Å². The fourth-order valence-corrected chi connectivity index (χ4v) is 1.53. The standard InChI is InChI=1S/C13H20O/c1-11(2)6-4-7-12(3)10-13-8-5-9-14-13/h5-6,8-9,12H,4,7,10H2,1-3H3. The zero-order valence-electron chi connectivity index (χ0n) is 9.42. The van der Waals surface area contributed by atoms with Crippen molar-refractivity contribution in [2.45, 2.75) is 40.0 Å². The molecule has 1 heterocycles. The Hall–Kier alpha value is -0.980. The molecule has 1 aromatic rings. The Labute approximate surface area is 86.8 Å². The molecule has 0 fully saturated rings. The van der Waals surface area contributed by atoms with E-state index < -0.39 is 0 Å². The molecule has 0 saturated heterocycles. The molecule has 0 radical (unpaired) electrons. The molecule has 0 aromatic carbocycles. The molecule has 0 N–H and O–H groups in total. The Balaban J connectivity index is 2.23. The van der Waals surface area contributed by atoms with E-state index >= 15 is 0 Å². The zero-order valence-corrected chi connectivity index (χ0v) is 9.42. The molecular formula is C13H20O. The summed E-state index contributed by atoms with van der Waals surface area (Å²) in [5.74, 6) is 1.81. The maximum Gasteiger partial charge on any atom is 0.104 e. The third kappa shape index (κ3) is 4.31. The number of rotatable bonds is 5. The molecule has 0 aliphatic carbocycles. The smallest absolute Gasteiger partial charge is 0.104 e. The van der Waals surface area contributed by atoms with Crippen molar-refractivity contribution < 1.29 is 4.42 Å². The predicted molar refractivity (Wildman–Crippen MR) is 60.2 cm³/mol. The molecule has 1 rings (SSSR count). The van der Waals surface area contributed by atoms with E-state index in [4.69, 9.17) is 4.42 Å². The van der Waals surface area contributed by atoms with Crippen LogP contribution in [0.2, 0.25) is 0 Å². The van der Waals surface area contributed by atoms with Crippen molar-refractivity contribution in [1.82, 2.24) is 0 Å². The van der Waals surface area contributed by atoms with Gasteiger partial charge >= 0.3 is 0 Å². The minimum atomic E-state index is 0.705. The number of allylic oxidation sites excluding steroid dienone is 2. The summed E-state index contributed by atoms with van der Waals surface area (Å²) in [5, 5.41) is 0. The fraction of sp³-hybridized carbons (Fsp3) is 0.538. The summed E-state index contributed by atoms with van der Waals surface area (Å²) >= 11 is 0. The Morgan fingerprint density at radius 3 is 2.86 bits per heavy atom. The van der Waals surface area contributed by atoms with Crippen LogP contribution >= 0.6 is 0 Å². The van der Waals surface area contributed by atoms with Crippen molar-refractivity contribution in [1.29, 1.82) is 0 Å². The number of furan rings is 1. The first-order chi connectivity index (χ1) is 6.68. The summed E-state index contributed by atoms with van der Waals surface area (Å²) in [5.41, 5.74) is 1.41. The van der Waals surface area contributed by atoms with Crippen LogP contribution in [0.1, 0.15) is 39.4 Å². The van der Waals surface area contributed by atoms with Crippen LogP contribution in [0.5, 0.6) is 0 Å². The third-order valence-corrected chi connectivity index (χ3v) is 2.34. The summed E-state index contributed by atoms with van der Waals surface area (Å²) in [6.45, 7) is 6.58. The first-order valence-electron chi connectivity index (χ1n) is 5.34. The summed E-state index contributed by atoms with van der Waals surface area (Å²) in [4.78, 5) is 0. The van der Waals surface area contributed by atoms with E-state index in [1.54, 1.807) is 6.26 Å². The highest BCUT2D eigenvalue weighted by Gasteiger charge is 2.04. The van der Waals surface area contributed by atoms with Crippen LogP contribution in [-0.2, 0) is 6.42 Å². The lowest BCUT2D eigenvalue weighted by Crippen LogP contribution is -1.97. The van der Waals surface area contributed by atoms with E-state index in [1.165, 1.54) is 18.4 Å². The minimum absolute atomic E-state index is 0.705. The lowest BCUT2D eigenvalue weighted by molar-refractivity contribution is 0.442. The molecule has 1 aromatic heterocycles. The summed E-state index contributed by atoms with van der Waals surface area (Å²) < 4.78 is 5.32. The van der Waals surface area contributed by atoms with Crippen LogP contribution < -0.4 is 0 Å². The SMILES string of the molecule is CC(C)=CCCC(C)Cc1ccco1. The second kappa shape index (κ2) is 5.69. The average molecular weight is 192 g/mol. The van der Waals surface area contributed by atoms with Crippen LogP contribution in [0.3, 0.4) is 0 Å². The topological polar surface area (TPSA) is 13.1 Å². The Morgan fingerprint density at radius 1 is 1.50 bits per heavy atom. The van der Waals surface area contributed by atoms with Gasteiger partial charge in [-0.15, -0.1) is 0 Å². The normalized spacial score (nSPS) is 12.5. The summed E-state index contributed by atoms with van der Waals surface area (Å²) in [6.07, 6.45) is 7.54. The second-order valence-electron chi connectivity index (χ2n) is 4.25. The van der Waals surface area contributed by atoms with Gasteiger partial charge in [-0.2, -0.15) is 0 Å². The van der Waals surface area contributed by atoms with Gasteiger partial charge in [0, 0.05) is 6.42 Å². The lowest BCUT2D eigenvalue weighted by Gasteiger charge is -2.07. The van der Waals surface area contributed by atoms with Crippen LogP contribution in [0.15, 0.2) is 34.5 Å². The molecule has 1 unspecified atom stereocenters. The number of hydrogen-bond donors (Lipinski definition) is 0. The molecule has 0 aliphatic rings. The molecule has 1 heteroatoms. The van der Waals surface area contributed by atoms with Crippen molar-refractivity contribution in [2.75, 3.05) is 0 Å². The maximum atomic E-state index is 5.32. The van der Waals surface area contributed by atoms with Gasteiger partial charge in [0.15, 0.2) is 0 Å². The summed E-state index contributed by atoms with van der Waals surface area (Å²) in [6, 6.07) is 4.01. The maximum absolute atomic E-state index is 5.32. The largest absolute Gasteiger partial charge is 0.469 e. The van der Waals surface area contributed by atoms with Crippen molar-refractivity contribution in [3.05, 3.63) is 35.8 Å². The summed E-state index contributed by atoms with van der Waals surface area (Å²) in [7, 11) is 0. The Bertz CT molecular complexity index is 265. The molecule has 0 saturated carbocycles. The van der Waals surface area contributed by atoms with Gasteiger partial charge in [-0.05, 0) is 44.7 Å². The van der Waals surface area contributed by atoms with E-state index in [2.05, 4.69) is 32.9 Å². The van der Waals surface area contributed by atoms with Crippen LogP contribution in [-0.4, -0.2) is 0 Å². The van der Waals surface area contributed by atoms with Crippen LogP contribution in [0.25, 0.3) is 0 Å². The minimum Gasteiger partial charge on any atom is -0.469 e. The molecule has 78 valence electrons. The molecule has 0 spiro atoms. The van der Waals surface area contributed by atoms with Gasteiger partial charge in [-0.1, -0.05) is 18.6 Å². The van der Waals surface area contributed by atoms with Gasteiger partial charge in [0.2, 0.25) is 0 Å². The predicted octanol–water partition coefficient (Wildman–Crippen LogP) is 4.20. The molecule has 1 nitrogen and oxygen atoms in total. The molecule has 0 aliphatic heterocycles. The highest BCUT2D eigenvalue weighted by atomic mass is 16.3. The van der Waals surface area contributed by atoms with Crippen molar-refractivity contribution >= 4 is 0 Å². The van der Waals surface area contributed by atoms with Crippen LogP contribution in [0, 0.1) is 5.92 Å². The van der Waals surface area contributed by atoms with E-state index in [1.807, 2.05) is 6.07 Å². The van der Waals surface area contributed by atoms with E-state index in [9.17, 15) is 0 Å². The quantitative estimate of drug-likeness (QED) is 0.637. The van der Waals surface area contributed by atoms with Gasteiger partial charge < -0.3 is 4.42 Å². The van der Waals surface area contributed by atoms with Crippen molar-refractivity contribution in [3.8, 4) is 0 Å². The zero-order chi connectivity index (χ0) is 10.4. The molecule has 14 heavy (non-hydrogen) atoms. The lowest BCUT2D eigenvalue weighted by atomic mass is 10.00. The first-order valence-corrected chi connectivity index (χ1v) is 5.34. The average Bonchev–Trinajstić information content (AvgIpc) is 2.56. The van der Waals surface area contributed by atoms with Gasteiger partial charge in [0.25, 0.3) is 0 Å². The van der Waals surface area contributed by atoms with E-state index in [0.717, 1.165) is 12.2 Å². The second-order valence-corrected chi connectivity index (χ2v) is 4.25. The highest BCUT2D eigenvalue weighted by Crippen LogP contribution is 2.14. The van der Waals surface area contributed by atoms with E-state index in [0.29, 0.717) is 5.92 Å². The third-order valence-electron chi connectivity index (χ3n) is 2.34. The molecule has 0 bridgehead atoms. The Morgan fingerprint density at radius 2 is 2.29 bits per heavy atom. The molecular weight excluding hydrogens is 172 g/mol. The van der Waals surface area contributed by atoms with Gasteiger partial charge in [-0.3, -0.25) is 0 Å². The highest BCUT2D eigenvalue weighted by molar-refractivity contribution is 4.99. The Kier molecular flexibility index (Phi) is 4.51. The van der Waals surface area contributed by atoms with Crippen LogP contribution in [0.4, 0.5) is 0 Å². The van der Waals surface area contributed by atoms with Crippen molar-refractivity contribution in [3.63, 3.8) is 0 Å². The number of hydrogen-bond acceptors (Lipinski definition) is 1. The first kappa shape index (κ1) is 11.1. The van der Waals surface area contributed by atoms with Crippen molar-refractivity contribution in [2.24, 2.45) is 5.92 Å². The van der Waals surface area contributed by atoms with Gasteiger partial charge in [-0.25, -0.2) is 0 Å². The monoisotopic (exact) mass is 192 g/mol. The van der Waals surface area contributed by atoms with Gasteiger partial charge in [0.1, 0.15) is 5.76 Å².